The molecule has 14 nitrogen and oxygen atoms in total. The minimum Gasteiger partial charge on any atom is -0.461 e. The van der Waals surface area contributed by atoms with E-state index in [2.05, 4.69) is 16.0 Å². The van der Waals surface area contributed by atoms with Gasteiger partial charge in [0, 0.05) is 31.7 Å². The summed E-state index contributed by atoms with van der Waals surface area (Å²) in [7, 11) is 0. The lowest BCUT2D eigenvalue weighted by Crippen LogP contribution is -2.57. The van der Waals surface area contributed by atoms with Crippen LogP contribution < -0.4 is 25.8 Å². The Balaban J connectivity index is 1.26. The summed E-state index contributed by atoms with van der Waals surface area (Å²) in [6.45, 7) is -0.738. The quantitative estimate of drug-likeness (QED) is 0.0994. The van der Waals surface area contributed by atoms with Crippen molar-refractivity contribution in [1.82, 2.24) is 10.6 Å². The van der Waals surface area contributed by atoms with Crippen LogP contribution in [0.5, 0.6) is 0 Å². The van der Waals surface area contributed by atoms with E-state index in [0.717, 1.165) is 5.56 Å². The lowest BCUT2D eigenvalue weighted by molar-refractivity contribution is -0.145. The van der Waals surface area contributed by atoms with Crippen molar-refractivity contribution in [1.29, 1.82) is 0 Å². The number of carbonyl (C=O) groups excluding carboxylic acids is 5. The van der Waals surface area contributed by atoms with E-state index in [1.165, 1.54) is 9.80 Å². The van der Waals surface area contributed by atoms with Gasteiger partial charge in [0.1, 0.15) is 13.2 Å². The maximum atomic E-state index is 13.4. The summed E-state index contributed by atoms with van der Waals surface area (Å²) in [5.41, 5.74) is 2.44. The molecule has 0 fully saturated rings. The molecule has 0 bridgehead atoms. The van der Waals surface area contributed by atoms with Gasteiger partial charge in [0.05, 0.1) is 24.6 Å². The Morgan fingerprint density at radius 2 is 1.34 bits per heavy atom. The molecule has 47 heavy (non-hydrogen) atoms. The highest BCUT2D eigenvalue weighted by Crippen LogP contribution is 2.33. The average Bonchev–Trinajstić information content (AvgIpc) is 3.15. The number of nitrogens with zero attached hydrogens (tertiary/aromatic N) is 2. The first-order valence-electron chi connectivity index (χ1n) is 15.0. The smallest absolute Gasteiger partial charge is 0.407 e. The third-order valence-corrected chi connectivity index (χ3v) is 7.04. The van der Waals surface area contributed by atoms with Crippen LogP contribution in [-0.2, 0) is 37.1 Å². The Bertz CT molecular complexity index is 1510. The van der Waals surface area contributed by atoms with Gasteiger partial charge in [-0.25, -0.2) is 9.59 Å². The number of anilines is 3. The monoisotopic (exact) mass is 647 g/mol. The summed E-state index contributed by atoms with van der Waals surface area (Å²) in [6, 6.07) is 19.8. The molecular formula is C33H37N5O9. The normalized spacial score (nSPS) is 13.0. The number of fused-ring (bicyclic) bond motifs is 1. The van der Waals surface area contributed by atoms with Crippen molar-refractivity contribution in [3.8, 4) is 0 Å². The predicted octanol–water partition coefficient (Wildman–Crippen LogP) is 2.29. The van der Waals surface area contributed by atoms with Crippen molar-refractivity contribution in [2.75, 3.05) is 48.0 Å². The van der Waals surface area contributed by atoms with Gasteiger partial charge in [-0.05, 0) is 41.8 Å². The minimum atomic E-state index is -1.64. The topological polar surface area (TPSA) is 187 Å². The maximum absolute atomic E-state index is 13.4. The molecule has 3 aromatic carbocycles. The van der Waals surface area contributed by atoms with Gasteiger partial charge in [-0.15, -0.1) is 0 Å². The van der Waals surface area contributed by atoms with Gasteiger partial charge >= 0.3 is 18.1 Å². The number of carbonyl (C=O) groups is 5. The first-order chi connectivity index (χ1) is 22.8. The number of hydrogen-bond donors (Lipinski definition) is 5. The number of amides is 5. The van der Waals surface area contributed by atoms with E-state index in [1.54, 1.807) is 48.5 Å². The lowest BCUT2D eigenvalue weighted by atomic mass is 10.2. The lowest BCUT2D eigenvalue weighted by Gasteiger charge is -2.24. The highest BCUT2D eigenvalue weighted by Gasteiger charge is 2.40. The Kier molecular flexibility index (Phi) is 12.7. The van der Waals surface area contributed by atoms with Crippen LogP contribution in [0.15, 0.2) is 78.9 Å². The molecule has 1 heterocycles. The second-order valence-electron chi connectivity index (χ2n) is 10.4. The molecule has 0 atom stereocenters. The fraction of sp³-hybridized carbons (Fsp3) is 0.303. The predicted molar refractivity (Wildman–Crippen MR) is 171 cm³/mol. The van der Waals surface area contributed by atoms with Crippen molar-refractivity contribution in [2.24, 2.45) is 0 Å². The summed E-state index contributed by atoms with van der Waals surface area (Å²) < 4.78 is 10.4. The summed E-state index contributed by atoms with van der Waals surface area (Å²) >= 11 is 0. The highest BCUT2D eigenvalue weighted by atomic mass is 16.5. The zero-order valence-electron chi connectivity index (χ0n) is 25.6. The molecule has 5 amide bonds. The molecule has 0 aromatic heterocycles. The molecular weight excluding hydrogens is 610 g/mol. The highest BCUT2D eigenvalue weighted by molar-refractivity contribution is 6.21. The first kappa shape index (κ1) is 34.4. The average molecular weight is 648 g/mol. The van der Waals surface area contributed by atoms with Gasteiger partial charge < -0.3 is 45.4 Å². The number of nitrogens with one attached hydrogen (secondary N) is 3. The number of benzene rings is 3. The van der Waals surface area contributed by atoms with Crippen LogP contribution >= 0.6 is 0 Å². The number of para-hydroxylation sites is 2. The Morgan fingerprint density at radius 1 is 0.745 bits per heavy atom. The minimum absolute atomic E-state index is 0.118. The number of urea groups is 1. The van der Waals surface area contributed by atoms with Crippen molar-refractivity contribution in [3.05, 3.63) is 90.0 Å². The summed E-state index contributed by atoms with van der Waals surface area (Å²) in [4.78, 5) is 66.4. The number of aliphatic hydroxyl groups is 2. The zero-order valence-corrected chi connectivity index (χ0v) is 25.6. The van der Waals surface area contributed by atoms with Gasteiger partial charge in [0.25, 0.3) is 11.8 Å². The van der Waals surface area contributed by atoms with Crippen LogP contribution in [0.4, 0.5) is 26.7 Å². The third kappa shape index (κ3) is 9.76. The summed E-state index contributed by atoms with van der Waals surface area (Å²) in [5, 5.41) is 26.8. The summed E-state index contributed by atoms with van der Waals surface area (Å²) in [5.74, 6) is -1.87. The maximum Gasteiger partial charge on any atom is 0.407 e. The number of esters is 1. The molecule has 0 aliphatic carbocycles. The molecule has 248 valence electrons. The van der Waals surface area contributed by atoms with Gasteiger partial charge in [-0.2, -0.15) is 0 Å². The van der Waals surface area contributed by atoms with Crippen LogP contribution in [0.1, 0.15) is 24.0 Å². The van der Waals surface area contributed by atoms with Gasteiger partial charge in [-0.3, -0.25) is 14.4 Å². The van der Waals surface area contributed by atoms with E-state index in [4.69, 9.17) is 9.47 Å². The Labute approximate surface area is 271 Å². The Hall–Kier alpha value is -5.47. The van der Waals surface area contributed by atoms with Gasteiger partial charge in [0.2, 0.25) is 0 Å². The molecule has 0 unspecified atom stereocenters. The largest absolute Gasteiger partial charge is 0.461 e. The van der Waals surface area contributed by atoms with E-state index in [9.17, 15) is 34.2 Å². The number of hydrogen-bond acceptors (Lipinski definition) is 9. The molecule has 0 radical (unpaired) electrons. The number of rotatable bonds is 14. The fourth-order valence-electron chi connectivity index (χ4n) is 4.83. The molecule has 0 saturated carbocycles. The second kappa shape index (κ2) is 17.3. The Morgan fingerprint density at radius 3 is 1.98 bits per heavy atom. The van der Waals surface area contributed by atoms with Crippen LogP contribution in [0.25, 0.3) is 0 Å². The number of aliphatic hydroxyl groups excluding tert-OH is 2. The van der Waals surface area contributed by atoms with Crippen molar-refractivity contribution in [3.63, 3.8) is 0 Å². The van der Waals surface area contributed by atoms with E-state index < -0.39 is 30.0 Å². The first-order valence-corrected chi connectivity index (χ1v) is 15.0. The molecule has 4 rings (SSSR count). The molecule has 0 saturated heterocycles. The van der Waals surface area contributed by atoms with Crippen LogP contribution in [0, 0.1) is 0 Å². The van der Waals surface area contributed by atoms with Crippen LogP contribution in [-0.4, -0.2) is 79.0 Å². The van der Waals surface area contributed by atoms with E-state index >= 15 is 0 Å². The molecule has 14 heteroatoms. The number of alkyl carbamates (subject to hydrolysis) is 1. The fourth-order valence-corrected chi connectivity index (χ4v) is 4.83. The molecule has 1 aliphatic rings. The molecule has 1 aliphatic heterocycles. The third-order valence-electron chi connectivity index (χ3n) is 7.04. The van der Waals surface area contributed by atoms with E-state index in [0.29, 0.717) is 29.0 Å². The molecule has 5 N–H and O–H groups in total. The second-order valence-corrected chi connectivity index (χ2v) is 10.4. The van der Waals surface area contributed by atoms with Gasteiger partial charge in [-0.1, -0.05) is 54.6 Å². The van der Waals surface area contributed by atoms with Crippen LogP contribution in [0.3, 0.4) is 0 Å². The van der Waals surface area contributed by atoms with E-state index in [-0.39, 0.29) is 58.5 Å². The van der Waals surface area contributed by atoms with Crippen LogP contribution in [0.2, 0.25) is 0 Å². The molecule has 3 aromatic rings. The van der Waals surface area contributed by atoms with Crippen molar-refractivity contribution >= 4 is 47.0 Å². The number of β-amino-alcohol motifs (C(OH)–C–C–N with tert-alkyl or cyclic N) is 2. The number of ether oxygens (including phenoxy) is 2. The van der Waals surface area contributed by atoms with E-state index in [1.807, 2.05) is 30.3 Å². The molecule has 0 spiro atoms. The van der Waals surface area contributed by atoms with Crippen molar-refractivity contribution in [2.45, 2.75) is 32.1 Å². The SMILES string of the molecule is O=C(Nc1cccc(COC(=O)NCCCC(=O)OCc2ccccc2)c1)NC1C(=O)N(CCO)c2ccccc2N(CCO)C1=O. The van der Waals surface area contributed by atoms with Crippen molar-refractivity contribution < 1.29 is 43.7 Å². The summed E-state index contributed by atoms with van der Waals surface area (Å²) in [6.07, 6.45) is -0.192. The van der Waals surface area contributed by atoms with Gasteiger partial charge in [0.15, 0.2) is 6.04 Å². The standard InChI is InChI=1S/C33H37N5O9/c39-18-16-37-26-12-4-5-13-27(26)38(17-19-40)31(43)29(30(37)42)36-32(44)35-25-11-6-10-24(20-25)22-47-33(45)34-15-7-14-28(41)46-21-23-8-2-1-3-9-23/h1-6,8-13,20,29,39-40H,7,14-19,21-22H2,(H,34,45)(H2,35,36,44). The zero-order chi connectivity index (χ0) is 33.6.